The maximum atomic E-state index is 11.7. The Hall–Kier alpha value is -1.37. The van der Waals surface area contributed by atoms with E-state index in [0.29, 0.717) is 19.1 Å². The van der Waals surface area contributed by atoms with Crippen molar-refractivity contribution in [2.24, 2.45) is 0 Å². The number of hydrogen-bond donors (Lipinski definition) is 0. The van der Waals surface area contributed by atoms with Gasteiger partial charge < -0.3 is 14.4 Å². The molecule has 2 heterocycles. The van der Waals surface area contributed by atoms with Crippen molar-refractivity contribution in [2.75, 3.05) is 13.1 Å². The van der Waals surface area contributed by atoms with Gasteiger partial charge in [-0.1, -0.05) is 0 Å². The quantitative estimate of drug-likeness (QED) is 0.825. The molecule has 1 saturated heterocycles. The van der Waals surface area contributed by atoms with Crippen LogP contribution in [0.1, 0.15) is 26.5 Å². The van der Waals surface area contributed by atoms with Gasteiger partial charge in [0.25, 0.3) is 0 Å². The predicted molar refractivity (Wildman–Crippen MR) is 76.7 cm³/mol. The summed E-state index contributed by atoms with van der Waals surface area (Å²) in [5.41, 5.74) is 0.341. The highest BCUT2D eigenvalue weighted by Gasteiger charge is 2.35. The van der Waals surface area contributed by atoms with Crippen LogP contribution in [0.2, 0.25) is 0 Å². The summed E-state index contributed by atoms with van der Waals surface area (Å²) in [7, 11) is 0. The van der Waals surface area contributed by atoms with Crippen molar-refractivity contribution in [3.8, 4) is 6.01 Å². The van der Waals surface area contributed by atoms with Crippen LogP contribution in [-0.4, -0.2) is 45.8 Å². The zero-order chi connectivity index (χ0) is 14.9. The van der Waals surface area contributed by atoms with Gasteiger partial charge in [-0.3, -0.25) is 0 Å². The first-order chi connectivity index (χ1) is 9.24. The maximum absolute atomic E-state index is 11.7. The van der Waals surface area contributed by atoms with Crippen LogP contribution in [0, 0.1) is 6.92 Å². The number of ether oxygens (including phenoxy) is 2. The highest BCUT2D eigenvalue weighted by Crippen LogP contribution is 2.20. The summed E-state index contributed by atoms with van der Waals surface area (Å²) in [4.78, 5) is 21.6. The topological polar surface area (TPSA) is 64.5 Å². The van der Waals surface area contributed by atoms with Crippen molar-refractivity contribution in [3.63, 3.8) is 0 Å². The average molecular weight is 344 g/mol. The number of hydrogen-bond acceptors (Lipinski definition) is 5. The fraction of sp³-hybridized carbons (Fsp3) is 0.615. The molecule has 0 aromatic carbocycles. The van der Waals surface area contributed by atoms with Crippen LogP contribution in [0.15, 0.2) is 10.7 Å². The van der Waals surface area contributed by atoms with Crippen molar-refractivity contribution in [1.82, 2.24) is 14.9 Å². The predicted octanol–water partition coefficient (Wildman–Crippen LogP) is 2.55. The van der Waals surface area contributed by atoms with Crippen LogP contribution in [0.4, 0.5) is 4.79 Å². The van der Waals surface area contributed by atoms with Crippen molar-refractivity contribution in [2.45, 2.75) is 39.4 Å². The Morgan fingerprint density at radius 1 is 1.45 bits per heavy atom. The lowest BCUT2D eigenvalue weighted by Gasteiger charge is -2.38. The normalized spacial score (nSPS) is 15.8. The number of nitrogens with zero attached hydrogens (tertiary/aromatic N) is 3. The van der Waals surface area contributed by atoms with E-state index in [-0.39, 0.29) is 12.2 Å². The molecule has 1 fully saturated rings. The van der Waals surface area contributed by atoms with E-state index < -0.39 is 5.60 Å². The molecular weight excluding hydrogens is 326 g/mol. The van der Waals surface area contributed by atoms with Gasteiger partial charge in [0.05, 0.1) is 23.3 Å². The van der Waals surface area contributed by atoms with E-state index in [1.165, 1.54) is 0 Å². The number of amides is 1. The van der Waals surface area contributed by atoms with Crippen molar-refractivity contribution < 1.29 is 14.3 Å². The lowest BCUT2D eigenvalue weighted by atomic mass is 10.2. The molecule has 7 heteroatoms. The monoisotopic (exact) mass is 343 g/mol. The number of aryl methyl sites for hydroxylation is 1. The molecule has 1 aromatic heterocycles. The molecule has 1 aliphatic rings. The third-order valence-corrected chi connectivity index (χ3v) is 3.45. The van der Waals surface area contributed by atoms with Crippen LogP contribution in [-0.2, 0) is 4.74 Å². The number of halogens is 1. The third-order valence-electron chi connectivity index (χ3n) is 2.67. The van der Waals surface area contributed by atoms with E-state index in [0.717, 1.165) is 10.2 Å². The van der Waals surface area contributed by atoms with Crippen molar-refractivity contribution in [1.29, 1.82) is 0 Å². The summed E-state index contributed by atoms with van der Waals surface area (Å²) in [6, 6.07) is 0.333. The number of carbonyl (C=O) groups is 1. The van der Waals surface area contributed by atoms with Gasteiger partial charge in [0, 0.05) is 6.20 Å². The highest BCUT2D eigenvalue weighted by molar-refractivity contribution is 9.10. The lowest BCUT2D eigenvalue weighted by molar-refractivity contribution is -0.0244. The molecule has 1 aromatic rings. The van der Waals surface area contributed by atoms with Crippen LogP contribution in [0.25, 0.3) is 0 Å². The van der Waals surface area contributed by atoms with E-state index in [9.17, 15) is 4.79 Å². The molecule has 0 N–H and O–H groups in total. The smallest absolute Gasteiger partial charge is 0.410 e. The van der Waals surface area contributed by atoms with E-state index in [4.69, 9.17) is 9.47 Å². The first-order valence-corrected chi connectivity index (χ1v) is 7.17. The largest absolute Gasteiger partial charge is 0.456 e. The van der Waals surface area contributed by atoms with Crippen LogP contribution in [0.5, 0.6) is 6.01 Å². The Labute approximate surface area is 126 Å². The molecule has 20 heavy (non-hydrogen) atoms. The number of carbonyl (C=O) groups excluding carboxylic acids is 1. The third kappa shape index (κ3) is 3.82. The summed E-state index contributed by atoms with van der Waals surface area (Å²) in [6.07, 6.45) is 1.26. The Morgan fingerprint density at radius 3 is 2.65 bits per heavy atom. The molecule has 1 aliphatic heterocycles. The second-order valence-electron chi connectivity index (χ2n) is 5.71. The van der Waals surface area contributed by atoms with E-state index in [1.807, 2.05) is 27.7 Å². The summed E-state index contributed by atoms with van der Waals surface area (Å²) < 4.78 is 11.7. The van der Waals surface area contributed by atoms with Gasteiger partial charge in [-0.15, -0.1) is 0 Å². The molecule has 0 spiro atoms. The highest BCUT2D eigenvalue weighted by atomic mass is 79.9. The second-order valence-corrected chi connectivity index (χ2v) is 6.57. The first kappa shape index (κ1) is 15.0. The number of likely N-dealkylation sites (tertiary alicyclic amines) is 1. The SMILES string of the molecule is Cc1nc(OC2CN(C(=O)OC(C)(C)C)C2)ncc1Br. The van der Waals surface area contributed by atoms with E-state index in [2.05, 4.69) is 25.9 Å². The number of aromatic nitrogens is 2. The van der Waals surface area contributed by atoms with Crippen LogP contribution < -0.4 is 4.74 Å². The minimum Gasteiger partial charge on any atom is -0.456 e. The van der Waals surface area contributed by atoms with Gasteiger partial charge in [-0.05, 0) is 43.6 Å². The fourth-order valence-corrected chi connectivity index (χ4v) is 1.82. The minimum atomic E-state index is -0.477. The van der Waals surface area contributed by atoms with Gasteiger partial charge in [-0.2, -0.15) is 4.98 Å². The molecule has 110 valence electrons. The Bertz CT molecular complexity index is 510. The van der Waals surface area contributed by atoms with Crippen LogP contribution in [0.3, 0.4) is 0 Å². The van der Waals surface area contributed by atoms with Gasteiger partial charge in [0.1, 0.15) is 11.7 Å². The second kappa shape index (κ2) is 5.55. The summed E-state index contributed by atoms with van der Waals surface area (Å²) in [6.45, 7) is 8.39. The molecule has 2 rings (SSSR count). The molecular formula is C13H18BrN3O3. The summed E-state index contributed by atoms with van der Waals surface area (Å²) in [5, 5.41) is 0. The number of rotatable bonds is 2. The molecule has 0 aliphatic carbocycles. The summed E-state index contributed by atoms with van der Waals surface area (Å²) in [5.74, 6) is 0. The molecule has 0 saturated carbocycles. The Balaban J connectivity index is 1.82. The van der Waals surface area contributed by atoms with Gasteiger partial charge >= 0.3 is 12.1 Å². The van der Waals surface area contributed by atoms with Gasteiger partial charge in [-0.25, -0.2) is 9.78 Å². The zero-order valence-electron chi connectivity index (χ0n) is 12.0. The molecule has 0 radical (unpaired) electrons. The van der Waals surface area contributed by atoms with Gasteiger partial charge in [0.15, 0.2) is 0 Å². The maximum Gasteiger partial charge on any atom is 0.410 e. The molecule has 0 atom stereocenters. The molecule has 0 unspecified atom stereocenters. The van der Waals surface area contributed by atoms with Crippen LogP contribution >= 0.6 is 15.9 Å². The minimum absolute atomic E-state index is 0.0805. The Kier molecular flexibility index (Phi) is 4.17. The molecule has 6 nitrogen and oxygen atoms in total. The van der Waals surface area contributed by atoms with E-state index in [1.54, 1.807) is 11.1 Å². The lowest BCUT2D eigenvalue weighted by Crippen LogP contribution is -2.57. The zero-order valence-corrected chi connectivity index (χ0v) is 13.6. The fourth-order valence-electron chi connectivity index (χ4n) is 1.63. The van der Waals surface area contributed by atoms with Crippen molar-refractivity contribution >= 4 is 22.0 Å². The molecule has 1 amide bonds. The van der Waals surface area contributed by atoms with Gasteiger partial charge in [0.2, 0.25) is 0 Å². The summed E-state index contributed by atoms with van der Waals surface area (Å²) >= 11 is 3.33. The van der Waals surface area contributed by atoms with Crippen molar-refractivity contribution in [3.05, 3.63) is 16.4 Å². The Morgan fingerprint density at radius 2 is 2.10 bits per heavy atom. The molecule has 0 bridgehead atoms. The van der Waals surface area contributed by atoms with E-state index >= 15 is 0 Å². The average Bonchev–Trinajstić information content (AvgIpc) is 2.25. The standard InChI is InChI=1S/C13H18BrN3O3/c1-8-10(14)5-15-11(16-8)19-9-6-17(7-9)12(18)20-13(2,3)4/h5,9H,6-7H2,1-4H3. The first-order valence-electron chi connectivity index (χ1n) is 6.38.